The van der Waals surface area contributed by atoms with E-state index in [-0.39, 0.29) is 26.1 Å². The van der Waals surface area contributed by atoms with Crippen molar-refractivity contribution in [1.29, 1.82) is 0 Å². The van der Waals surface area contributed by atoms with Crippen LogP contribution in [-0.2, 0) is 32.7 Å². The van der Waals surface area contributed by atoms with Gasteiger partial charge in [0.05, 0.1) is 27.7 Å². The minimum Gasteiger partial charge on any atom is -0.756 e. The molecule has 9 nitrogen and oxygen atoms in total. The van der Waals surface area contributed by atoms with Crippen LogP contribution >= 0.6 is 7.82 Å². The van der Waals surface area contributed by atoms with Crippen LogP contribution in [0, 0.1) is 0 Å². The number of hydrogen-bond acceptors (Lipinski definition) is 8. The molecule has 2 atom stereocenters. The third-order valence-electron chi connectivity index (χ3n) is 9.69. The summed E-state index contributed by atoms with van der Waals surface area (Å²) >= 11 is 0. The van der Waals surface area contributed by atoms with Crippen molar-refractivity contribution in [2.75, 3.05) is 47.5 Å². The quantitative estimate of drug-likeness (QED) is 0.0198. The number of carbonyl (C=O) groups excluding carboxylic acids is 2. The highest BCUT2D eigenvalue weighted by atomic mass is 31.2. The lowest BCUT2D eigenvalue weighted by atomic mass is 10.1. The number of nitrogens with zero attached hydrogens (tertiary/aromatic N) is 1. The van der Waals surface area contributed by atoms with Gasteiger partial charge in [-0.3, -0.25) is 14.2 Å². The Morgan fingerprint density at radius 1 is 0.545 bits per heavy atom. The molecule has 0 saturated carbocycles. The van der Waals surface area contributed by atoms with Crippen molar-refractivity contribution in [3.05, 3.63) is 24.3 Å². The van der Waals surface area contributed by atoms with E-state index in [0.717, 1.165) is 57.8 Å². The summed E-state index contributed by atoms with van der Waals surface area (Å²) in [7, 11) is 1.16. The van der Waals surface area contributed by atoms with Gasteiger partial charge in [-0.2, -0.15) is 0 Å². The van der Waals surface area contributed by atoms with Crippen molar-refractivity contribution in [3.8, 4) is 0 Å². The van der Waals surface area contributed by atoms with Gasteiger partial charge in [0.2, 0.25) is 0 Å². The second kappa shape index (κ2) is 38.0. The molecule has 0 aliphatic heterocycles. The second-order valence-corrected chi connectivity index (χ2v) is 17.8. The standard InChI is InChI=1S/C45H86NO8P/c1-6-8-10-12-14-16-18-20-21-22-23-24-25-26-28-30-32-34-36-38-45(48)54-43(42-53-55(49,50)52-40-39-46(3,4)5)41-51-44(47)37-35-33-31-29-27-19-17-15-13-11-9-7-2/h15,17,20-21,43H,6-14,16,18-19,22-42H2,1-5H3/b17-15+,21-20+/t43-/m1/s1. The highest BCUT2D eigenvalue weighted by Gasteiger charge is 2.21. The van der Waals surface area contributed by atoms with Crippen molar-refractivity contribution >= 4 is 19.8 Å². The molecule has 0 aromatic carbocycles. The van der Waals surface area contributed by atoms with Crippen LogP contribution in [0.1, 0.15) is 200 Å². The molecule has 0 fully saturated rings. The Balaban J connectivity index is 4.31. The number of likely N-dealkylation sites (N-methyl/N-ethyl adjacent to an activating group) is 1. The van der Waals surface area contributed by atoms with Gasteiger partial charge in [-0.25, -0.2) is 0 Å². The topological polar surface area (TPSA) is 111 Å². The monoisotopic (exact) mass is 800 g/mol. The molecule has 0 radical (unpaired) electrons. The maximum atomic E-state index is 12.7. The summed E-state index contributed by atoms with van der Waals surface area (Å²) < 4.78 is 33.9. The lowest BCUT2D eigenvalue weighted by molar-refractivity contribution is -0.870. The number of carbonyl (C=O) groups is 2. The minimum absolute atomic E-state index is 0.0313. The number of hydrogen-bond donors (Lipinski definition) is 0. The van der Waals surface area contributed by atoms with Crippen molar-refractivity contribution in [2.45, 2.75) is 206 Å². The largest absolute Gasteiger partial charge is 0.756 e. The first kappa shape index (κ1) is 53.5. The van der Waals surface area contributed by atoms with Gasteiger partial charge in [0.15, 0.2) is 6.10 Å². The first-order chi connectivity index (χ1) is 26.5. The van der Waals surface area contributed by atoms with E-state index >= 15 is 0 Å². The number of esters is 2. The first-order valence-corrected chi connectivity index (χ1v) is 24.0. The molecule has 0 saturated heterocycles. The average molecular weight is 800 g/mol. The van der Waals surface area contributed by atoms with Crippen LogP contribution < -0.4 is 4.89 Å². The third-order valence-corrected chi connectivity index (χ3v) is 10.7. The summed E-state index contributed by atoms with van der Waals surface area (Å²) in [6.45, 7) is 4.20. The molecule has 0 amide bonds. The highest BCUT2D eigenvalue weighted by Crippen LogP contribution is 2.38. The Morgan fingerprint density at radius 2 is 0.927 bits per heavy atom. The van der Waals surface area contributed by atoms with Gasteiger partial charge in [-0.05, 0) is 64.2 Å². The van der Waals surface area contributed by atoms with E-state index in [1.807, 2.05) is 21.1 Å². The van der Waals surface area contributed by atoms with Gasteiger partial charge in [-0.1, -0.05) is 147 Å². The van der Waals surface area contributed by atoms with E-state index in [4.69, 9.17) is 18.5 Å². The Labute approximate surface area is 339 Å². The maximum Gasteiger partial charge on any atom is 0.306 e. The van der Waals surface area contributed by atoms with E-state index in [1.165, 1.54) is 109 Å². The Kier molecular flexibility index (Phi) is 37.0. The fourth-order valence-electron chi connectivity index (χ4n) is 6.11. The predicted octanol–water partition coefficient (Wildman–Crippen LogP) is 12.1. The van der Waals surface area contributed by atoms with Crippen LogP contribution in [0.15, 0.2) is 24.3 Å². The average Bonchev–Trinajstić information content (AvgIpc) is 3.13. The first-order valence-electron chi connectivity index (χ1n) is 22.5. The summed E-state index contributed by atoms with van der Waals surface area (Å²) in [4.78, 5) is 37.5. The van der Waals surface area contributed by atoms with E-state index in [2.05, 4.69) is 38.2 Å². The molecule has 324 valence electrons. The molecule has 0 rings (SSSR count). The van der Waals surface area contributed by atoms with Crippen molar-refractivity contribution < 1.29 is 42.1 Å². The SMILES string of the molecule is CCCCC/C=C/CCCCCCCC(=O)OC[C@H](COP(=O)([O-])OCC[N+](C)(C)C)OC(=O)CCCCCCCCCCC/C=C/CCCCCCCC. The number of unbranched alkanes of at least 4 members (excludes halogenated alkanes) is 23. The Morgan fingerprint density at radius 3 is 1.38 bits per heavy atom. The molecule has 1 unspecified atom stereocenters. The zero-order valence-corrected chi connectivity index (χ0v) is 37.3. The van der Waals surface area contributed by atoms with E-state index in [9.17, 15) is 19.0 Å². The summed E-state index contributed by atoms with van der Waals surface area (Å²) in [6.07, 6.45) is 40.6. The van der Waals surface area contributed by atoms with E-state index < -0.39 is 32.5 Å². The number of ether oxygens (including phenoxy) is 2. The number of rotatable bonds is 41. The normalized spacial score (nSPS) is 13.8. The molecule has 0 aromatic heterocycles. The molecule has 0 heterocycles. The molecule has 10 heteroatoms. The number of phosphoric ester groups is 1. The number of phosphoric acid groups is 1. The molecule has 0 N–H and O–H groups in total. The van der Waals surface area contributed by atoms with Crippen LogP contribution in [-0.4, -0.2) is 70.0 Å². The molecular formula is C45H86NO8P. The fourth-order valence-corrected chi connectivity index (χ4v) is 6.84. The van der Waals surface area contributed by atoms with Crippen LogP contribution in [0.25, 0.3) is 0 Å². The summed E-state index contributed by atoms with van der Waals surface area (Å²) in [5.74, 6) is -0.843. The van der Waals surface area contributed by atoms with Gasteiger partial charge in [0.25, 0.3) is 7.82 Å². The summed E-state index contributed by atoms with van der Waals surface area (Å²) in [5, 5.41) is 0. The van der Waals surface area contributed by atoms with Crippen molar-refractivity contribution in [2.24, 2.45) is 0 Å². The second-order valence-electron chi connectivity index (χ2n) is 16.4. The maximum absolute atomic E-state index is 12.7. The minimum atomic E-state index is -4.62. The van der Waals surface area contributed by atoms with Crippen LogP contribution in [0.4, 0.5) is 0 Å². The molecule has 0 aromatic rings. The fraction of sp³-hybridized carbons (Fsp3) is 0.867. The molecular weight excluding hydrogens is 713 g/mol. The molecule has 0 aliphatic carbocycles. The van der Waals surface area contributed by atoms with Crippen LogP contribution in [0.3, 0.4) is 0 Å². The van der Waals surface area contributed by atoms with E-state index in [1.54, 1.807) is 0 Å². The van der Waals surface area contributed by atoms with Crippen molar-refractivity contribution in [3.63, 3.8) is 0 Å². The predicted molar refractivity (Wildman–Crippen MR) is 227 cm³/mol. The number of allylic oxidation sites excluding steroid dienone is 4. The lowest BCUT2D eigenvalue weighted by Gasteiger charge is -2.28. The molecule has 0 spiro atoms. The Hall–Kier alpha value is -1.51. The zero-order valence-electron chi connectivity index (χ0n) is 36.4. The molecule has 0 aliphatic rings. The zero-order chi connectivity index (χ0) is 40.7. The number of quaternary nitrogens is 1. The summed E-state index contributed by atoms with van der Waals surface area (Å²) in [5.41, 5.74) is 0. The van der Waals surface area contributed by atoms with E-state index in [0.29, 0.717) is 17.4 Å². The van der Waals surface area contributed by atoms with Crippen molar-refractivity contribution in [1.82, 2.24) is 0 Å². The third kappa shape index (κ3) is 41.9. The summed E-state index contributed by atoms with van der Waals surface area (Å²) in [6, 6.07) is 0. The van der Waals surface area contributed by atoms with Gasteiger partial charge in [0.1, 0.15) is 19.8 Å². The Bertz CT molecular complexity index is 996. The van der Waals surface area contributed by atoms with Gasteiger partial charge < -0.3 is 27.9 Å². The highest BCUT2D eigenvalue weighted by molar-refractivity contribution is 7.45. The van der Waals surface area contributed by atoms with Crippen LogP contribution in [0.5, 0.6) is 0 Å². The van der Waals surface area contributed by atoms with Gasteiger partial charge in [-0.15, -0.1) is 0 Å². The van der Waals surface area contributed by atoms with Gasteiger partial charge in [0, 0.05) is 12.8 Å². The van der Waals surface area contributed by atoms with Crippen LogP contribution in [0.2, 0.25) is 0 Å². The molecule has 0 bridgehead atoms. The lowest BCUT2D eigenvalue weighted by Crippen LogP contribution is -2.37. The smallest absolute Gasteiger partial charge is 0.306 e. The van der Waals surface area contributed by atoms with Gasteiger partial charge >= 0.3 is 11.9 Å². The molecule has 55 heavy (non-hydrogen) atoms.